The van der Waals surface area contributed by atoms with Crippen molar-refractivity contribution in [1.29, 1.82) is 5.26 Å². The zero-order valence-electron chi connectivity index (χ0n) is 12.5. The van der Waals surface area contributed by atoms with Crippen LogP contribution in [-0.4, -0.2) is 9.97 Å². The molecule has 0 bridgehead atoms. The summed E-state index contributed by atoms with van der Waals surface area (Å²) in [6.07, 6.45) is 5.97. The summed E-state index contributed by atoms with van der Waals surface area (Å²) in [5.74, 6) is 1.53. The molecule has 106 valence electrons. The first-order valence-corrected chi connectivity index (χ1v) is 6.90. The van der Waals surface area contributed by atoms with Crippen molar-refractivity contribution >= 4 is 17.6 Å². The molecule has 21 heavy (non-hydrogen) atoms. The van der Waals surface area contributed by atoms with E-state index in [9.17, 15) is 0 Å². The SMILES string of the molecule is CCc1cc(/C=C/C#N)cc(C)c1Nc1ccnc(C)n1. The second-order valence-corrected chi connectivity index (χ2v) is 4.80. The fourth-order valence-corrected chi connectivity index (χ4v) is 2.23. The Balaban J connectivity index is 2.39. The van der Waals surface area contributed by atoms with Gasteiger partial charge in [-0.25, -0.2) is 9.97 Å². The van der Waals surface area contributed by atoms with Gasteiger partial charge in [0, 0.05) is 18.0 Å². The highest BCUT2D eigenvalue weighted by Gasteiger charge is 2.07. The molecular weight excluding hydrogens is 260 g/mol. The molecule has 4 nitrogen and oxygen atoms in total. The normalized spacial score (nSPS) is 10.6. The first-order valence-electron chi connectivity index (χ1n) is 6.90. The van der Waals surface area contributed by atoms with E-state index in [0.29, 0.717) is 0 Å². The van der Waals surface area contributed by atoms with Crippen LogP contribution in [0.4, 0.5) is 11.5 Å². The minimum atomic E-state index is 0.740. The number of aryl methyl sites for hydroxylation is 3. The summed E-state index contributed by atoms with van der Waals surface area (Å²) in [7, 11) is 0. The maximum Gasteiger partial charge on any atom is 0.134 e. The summed E-state index contributed by atoms with van der Waals surface area (Å²) in [5, 5.41) is 12.0. The Labute approximate surface area is 125 Å². The lowest BCUT2D eigenvalue weighted by molar-refractivity contribution is 1.05. The lowest BCUT2D eigenvalue weighted by Gasteiger charge is -2.15. The van der Waals surface area contributed by atoms with Crippen LogP contribution in [0, 0.1) is 25.2 Å². The van der Waals surface area contributed by atoms with Gasteiger partial charge in [-0.05, 0) is 61.2 Å². The highest BCUT2D eigenvalue weighted by Crippen LogP contribution is 2.27. The van der Waals surface area contributed by atoms with Crippen molar-refractivity contribution in [1.82, 2.24) is 9.97 Å². The van der Waals surface area contributed by atoms with Gasteiger partial charge in [0.2, 0.25) is 0 Å². The molecule has 0 aliphatic carbocycles. The van der Waals surface area contributed by atoms with E-state index >= 15 is 0 Å². The number of hydrogen-bond donors (Lipinski definition) is 1. The van der Waals surface area contributed by atoms with Crippen LogP contribution in [-0.2, 0) is 6.42 Å². The lowest BCUT2D eigenvalue weighted by atomic mass is 10.0. The van der Waals surface area contributed by atoms with Crippen molar-refractivity contribution in [2.24, 2.45) is 0 Å². The Bertz CT molecular complexity index is 711. The molecule has 4 heteroatoms. The summed E-state index contributed by atoms with van der Waals surface area (Å²) in [6, 6.07) is 8.03. The summed E-state index contributed by atoms with van der Waals surface area (Å²) >= 11 is 0. The molecule has 0 aliphatic rings. The average Bonchev–Trinajstić information content (AvgIpc) is 2.47. The zero-order chi connectivity index (χ0) is 15.2. The Hall–Kier alpha value is -2.67. The molecule has 2 aromatic rings. The number of allylic oxidation sites excluding steroid dienone is 1. The number of aromatic nitrogens is 2. The topological polar surface area (TPSA) is 61.6 Å². The van der Waals surface area contributed by atoms with Crippen molar-refractivity contribution in [2.75, 3.05) is 5.32 Å². The number of hydrogen-bond acceptors (Lipinski definition) is 4. The third-order valence-corrected chi connectivity index (χ3v) is 3.20. The fourth-order valence-electron chi connectivity index (χ4n) is 2.23. The second kappa shape index (κ2) is 6.67. The van der Waals surface area contributed by atoms with Crippen molar-refractivity contribution in [3.63, 3.8) is 0 Å². The van der Waals surface area contributed by atoms with E-state index in [1.54, 1.807) is 6.20 Å². The van der Waals surface area contributed by atoms with E-state index < -0.39 is 0 Å². The predicted molar refractivity (Wildman–Crippen MR) is 85.3 cm³/mol. The van der Waals surface area contributed by atoms with Crippen LogP contribution < -0.4 is 5.32 Å². The molecule has 1 N–H and O–H groups in total. The van der Waals surface area contributed by atoms with Crippen molar-refractivity contribution in [3.05, 3.63) is 53.0 Å². The van der Waals surface area contributed by atoms with E-state index in [1.807, 2.05) is 25.1 Å². The van der Waals surface area contributed by atoms with E-state index in [4.69, 9.17) is 5.26 Å². The third-order valence-electron chi connectivity index (χ3n) is 3.20. The van der Waals surface area contributed by atoms with E-state index in [1.165, 1.54) is 11.6 Å². The van der Waals surface area contributed by atoms with Crippen LogP contribution in [0.3, 0.4) is 0 Å². The zero-order valence-corrected chi connectivity index (χ0v) is 12.5. The number of nitrogens with one attached hydrogen (secondary N) is 1. The molecule has 0 amide bonds. The summed E-state index contributed by atoms with van der Waals surface area (Å²) in [5.41, 5.74) is 4.44. The molecular formula is C17H18N4. The maximum atomic E-state index is 8.64. The molecule has 0 unspecified atom stereocenters. The molecule has 0 aliphatic heterocycles. The molecule has 1 aromatic carbocycles. The van der Waals surface area contributed by atoms with Gasteiger partial charge in [0.05, 0.1) is 6.07 Å². The number of benzene rings is 1. The number of nitriles is 1. The Morgan fingerprint density at radius 1 is 1.33 bits per heavy atom. The van der Waals surface area contributed by atoms with E-state index in [0.717, 1.165) is 34.9 Å². The van der Waals surface area contributed by atoms with Crippen molar-refractivity contribution < 1.29 is 0 Å². The van der Waals surface area contributed by atoms with Gasteiger partial charge in [-0.2, -0.15) is 5.26 Å². The van der Waals surface area contributed by atoms with Gasteiger partial charge >= 0.3 is 0 Å². The molecule has 0 atom stereocenters. The van der Waals surface area contributed by atoms with E-state index in [-0.39, 0.29) is 0 Å². The summed E-state index contributed by atoms with van der Waals surface area (Å²) < 4.78 is 0. The molecule has 0 spiro atoms. The van der Waals surface area contributed by atoms with E-state index in [2.05, 4.69) is 41.3 Å². The molecule has 2 rings (SSSR count). The van der Waals surface area contributed by atoms with Gasteiger partial charge < -0.3 is 5.32 Å². The summed E-state index contributed by atoms with van der Waals surface area (Å²) in [4.78, 5) is 8.48. The molecule has 1 heterocycles. The Kier molecular flexibility index (Phi) is 4.68. The van der Waals surface area contributed by atoms with Crippen molar-refractivity contribution in [3.8, 4) is 6.07 Å². The monoisotopic (exact) mass is 278 g/mol. The summed E-state index contributed by atoms with van der Waals surface area (Å²) in [6.45, 7) is 6.04. The fraction of sp³-hybridized carbons (Fsp3) is 0.235. The quantitative estimate of drug-likeness (QED) is 0.860. The number of nitrogens with zero attached hydrogens (tertiary/aromatic N) is 3. The molecule has 0 radical (unpaired) electrons. The highest BCUT2D eigenvalue weighted by molar-refractivity contribution is 5.69. The first kappa shape index (κ1) is 14.7. The van der Waals surface area contributed by atoms with Gasteiger partial charge in [0.1, 0.15) is 11.6 Å². The minimum absolute atomic E-state index is 0.740. The van der Waals surface area contributed by atoms with Gasteiger partial charge in [-0.3, -0.25) is 0 Å². The largest absolute Gasteiger partial charge is 0.340 e. The highest BCUT2D eigenvalue weighted by atomic mass is 15.0. The second-order valence-electron chi connectivity index (χ2n) is 4.80. The Morgan fingerprint density at radius 3 is 2.81 bits per heavy atom. The van der Waals surface area contributed by atoms with Crippen LogP contribution in [0.2, 0.25) is 0 Å². The van der Waals surface area contributed by atoms with Crippen LogP contribution in [0.25, 0.3) is 6.08 Å². The first-order chi connectivity index (χ1) is 10.1. The van der Waals surface area contributed by atoms with Gasteiger partial charge in [0.25, 0.3) is 0 Å². The minimum Gasteiger partial charge on any atom is -0.340 e. The predicted octanol–water partition coefficient (Wildman–Crippen LogP) is 3.94. The van der Waals surface area contributed by atoms with Gasteiger partial charge in [-0.1, -0.05) is 6.92 Å². The number of rotatable bonds is 4. The van der Waals surface area contributed by atoms with Crippen LogP contribution in [0.1, 0.15) is 29.4 Å². The van der Waals surface area contributed by atoms with Crippen LogP contribution >= 0.6 is 0 Å². The smallest absolute Gasteiger partial charge is 0.134 e. The molecule has 0 saturated carbocycles. The van der Waals surface area contributed by atoms with Gasteiger partial charge in [0.15, 0.2) is 0 Å². The molecule has 1 aromatic heterocycles. The average molecular weight is 278 g/mol. The van der Waals surface area contributed by atoms with Crippen molar-refractivity contribution in [2.45, 2.75) is 27.2 Å². The number of anilines is 2. The molecule has 0 saturated heterocycles. The Morgan fingerprint density at radius 2 is 2.14 bits per heavy atom. The standard InChI is InChI=1S/C17H18N4/c1-4-15-11-14(6-5-8-18)10-12(2)17(15)21-16-7-9-19-13(3)20-16/h5-7,9-11H,4H2,1-3H3,(H,19,20,21)/b6-5+. The van der Waals surface area contributed by atoms with Crippen LogP contribution in [0.5, 0.6) is 0 Å². The maximum absolute atomic E-state index is 8.64. The lowest BCUT2D eigenvalue weighted by Crippen LogP contribution is -2.02. The van der Waals surface area contributed by atoms with Gasteiger partial charge in [-0.15, -0.1) is 0 Å². The van der Waals surface area contributed by atoms with Crippen LogP contribution in [0.15, 0.2) is 30.5 Å². The third kappa shape index (κ3) is 3.67. The molecule has 0 fully saturated rings.